The molecule has 1 saturated heterocycles. The Kier molecular flexibility index (Phi) is 3.58. The number of hydrogen-bond acceptors (Lipinski definition) is 5. The fourth-order valence-corrected chi connectivity index (χ4v) is 1.29. The van der Waals surface area contributed by atoms with Crippen LogP contribution >= 0.6 is 0 Å². The number of carbonyl (C=O) groups is 3. The average molecular weight is 201 g/mol. The molecule has 6 heteroatoms. The van der Waals surface area contributed by atoms with E-state index in [2.05, 4.69) is 4.74 Å². The van der Waals surface area contributed by atoms with Crippen LogP contribution in [0.2, 0.25) is 0 Å². The standard InChI is InChI=1S/C8H11NO5/c10-5-14-4-6(11)7(8(12)13)9-2-1-3-9/h5,7H,1-4H2,(H,12,13). The Bertz CT molecular complexity index is 248. The predicted octanol–water partition coefficient (Wildman–Crippen LogP) is -1.11. The first-order valence-corrected chi connectivity index (χ1v) is 4.21. The molecule has 1 rings (SSSR count). The third-order valence-corrected chi connectivity index (χ3v) is 2.09. The molecular formula is C8H11NO5. The molecule has 14 heavy (non-hydrogen) atoms. The number of nitrogens with zero attached hydrogens (tertiary/aromatic N) is 1. The van der Waals surface area contributed by atoms with E-state index in [4.69, 9.17) is 5.11 Å². The third kappa shape index (κ3) is 2.29. The summed E-state index contributed by atoms with van der Waals surface area (Å²) in [5, 5.41) is 8.77. The number of Topliss-reactive ketones (excluding diaryl/α,β-unsaturated/α-hetero) is 1. The van der Waals surface area contributed by atoms with E-state index in [0.717, 1.165) is 6.42 Å². The van der Waals surface area contributed by atoms with E-state index in [9.17, 15) is 14.4 Å². The number of carboxylic acid groups (broad SMARTS) is 1. The number of carboxylic acids is 1. The summed E-state index contributed by atoms with van der Waals surface area (Å²) in [6.07, 6.45) is 0.894. The van der Waals surface area contributed by atoms with Crippen LogP contribution in [-0.4, -0.2) is 54.0 Å². The van der Waals surface area contributed by atoms with Gasteiger partial charge < -0.3 is 9.84 Å². The van der Waals surface area contributed by atoms with Crippen LogP contribution in [0.25, 0.3) is 0 Å². The molecule has 1 fully saturated rings. The van der Waals surface area contributed by atoms with Crippen LogP contribution < -0.4 is 0 Å². The van der Waals surface area contributed by atoms with Crippen molar-refractivity contribution in [1.29, 1.82) is 0 Å². The molecule has 0 aromatic heterocycles. The number of hydrogen-bond donors (Lipinski definition) is 1. The van der Waals surface area contributed by atoms with Gasteiger partial charge in [-0.25, -0.2) is 0 Å². The molecule has 1 heterocycles. The van der Waals surface area contributed by atoms with Gasteiger partial charge in [0.15, 0.2) is 18.4 Å². The quantitative estimate of drug-likeness (QED) is 0.433. The van der Waals surface area contributed by atoms with Gasteiger partial charge in [0.25, 0.3) is 6.47 Å². The van der Waals surface area contributed by atoms with Crippen LogP contribution in [0.1, 0.15) is 6.42 Å². The van der Waals surface area contributed by atoms with Gasteiger partial charge in [0.1, 0.15) is 0 Å². The summed E-state index contributed by atoms with van der Waals surface area (Å²) < 4.78 is 4.23. The Morgan fingerprint density at radius 3 is 2.50 bits per heavy atom. The molecule has 1 unspecified atom stereocenters. The molecule has 1 atom stereocenters. The van der Waals surface area contributed by atoms with Gasteiger partial charge >= 0.3 is 5.97 Å². The summed E-state index contributed by atoms with van der Waals surface area (Å²) in [5.74, 6) is -1.78. The Morgan fingerprint density at radius 1 is 1.50 bits per heavy atom. The number of rotatable bonds is 6. The second-order valence-electron chi connectivity index (χ2n) is 3.00. The SMILES string of the molecule is O=COCC(=O)C(C(=O)O)N1CCC1. The van der Waals surface area contributed by atoms with Gasteiger partial charge in [0.2, 0.25) is 0 Å². The van der Waals surface area contributed by atoms with E-state index in [1.165, 1.54) is 0 Å². The molecule has 6 nitrogen and oxygen atoms in total. The molecule has 1 N–H and O–H groups in total. The van der Waals surface area contributed by atoms with E-state index < -0.39 is 24.4 Å². The Balaban J connectivity index is 2.52. The van der Waals surface area contributed by atoms with Gasteiger partial charge in [-0.15, -0.1) is 0 Å². The Hall–Kier alpha value is -1.43. The van der Waals surface area contributed by atoms with Crippen molar-refractivity contribution < 1.29 is 24.2 Å². The van der Waals surface area contributed by atoms with Crippen molar-refractivity contribution in [3.8, 4) is 0 Å². The lowest BCUT2D eigenvalue weighted by molar-refractivity contribution is -0.153. The lowest BCUT2D eigenvalue weighted by Crippen LogP contribution is -2.54. The number of aliphatic carboxylic acids is 1. The fraction of sp³-hybridized carbons (Fsp3) is 0.625. The minimum atomic E-state index is -1.19. The highest BCUT2D eigenvalue weighted by molar-refractivity contribution is 6.03. The van der Waals surface area contributed by atoms with Gasteiger partial charge in [0.05, 0.1) is 0 Å². The number of carbonyl (C=O) groups excluding carboxylic acids is 2. The molecule has 0 saturated carbocycles. The molecule has 0 radical (unpaired) electrons. The lowest BCUT2D eigenvalue weighted by Gasteiger charge is -2.34. The fourth-order valence-electron chi connectivity index (χ4n) is 1.29. The summed E-state index contributed by atoms with van der Waals surface area (Å²) in [6, 6.07) is -1.16. The first kappa shape index (κ1) is 10.6. The summed E-state index contributed by atoms with van der Waals surface area (Å²) in [4.78, 5) is 33.4. The van der Waals surface area contributed by atoms with Crippen LogP contribution in [-0.2, 0) is 19.1 Å². The van der Waals surface area contributed by atoms with Crippen molar-refractivity contribution in [2.75, 3.05) is 19.7 Å². The second-order valence-corrected chi connectivity index (χ2v) is 3.00. The van der Waals surface area contributed by atoms with Gasteiger partial charge in [-0.3, -0.25) is 19.3 Å². The molecule has 0 aliphatic carbocycles. The summed E-state index contributed by atoms with van der Waals surface area (Å²) in [5.41, 5.74) is 0. The Labute approximate surface area is 80.4 Å². The average Bonchev–Trinajstić information content (AvgIpc) is 2.06. The molecule has 1 aliphatic heterocycles. The van der Waals surface area contributed by atoms with Crippen LogP contribution in [0.15, 0.2) is 0 Å². The van der Waals surface area contributed by atoms with Crippen molar-refractivity contribution in [2.24, 2.45) is 0 Å². The van der Waals surface area contributed by atoms with Gasteiger partial charge in [-0.2, -0.15) is 0 Å². The van der Waals surface area contributed by atoms with Crippen molar-refractivity contribution >= 4 is 18.2 Å². The van der Waals surface area contributed by atoms with Crippen molar-refractivity contribution in [1.82, 2.24) is 4.90 Å². The van der Waals surface area contributed by atoms with Crippen LogP contribution in [0.5, 0.6) is 0 Å². The topological polar surface area (TPSA) is 83.9 Å². The summed E-state index contributed by atoms with van der Waals surface area (Å²) in [7, 11) is 0. The van der Waals surface area contributed by atoms with Gasteiger partial charge in [0, 0.05) is 13.1 Å². The zero-order valence-corrected chi connectivity index (χ0v) is 7.51. The minimum Gasteiger partial charge on any atom is -0.480 e. The number of ketones is 1. The Morgan fingerprint density at radius 2 is 2.14 bits per heavy atom. The molecule has 0 spiro atoms. The second kappa shape index (κ2) is 4.71. The van der Waals surface area contributed by atoms with E-state index in [1.807, 2.05) is 0 Å². The highest BCUT2D eigenvalue weighted by Crippen LogP contribution is 2.12. The highest BCUT2D eigenvalue weighted by Gasteiger charge is 2.35. The smallest absolute Gasteiger partial charge is 0.328 e. The third-order valence-electron chi connectivity index (χ3n) is 2.09. The number of likely N-dealkylation sites (tertiary alicyclic amines) is 1. The van der Waals surface area contributed by atoms with Crippen LogP contribution in [0, 0.1) is 0 Å². The minimum absolute atomic E-state index is 0.132. The zero-order chi connectivity index (χ0) is 10.6. The van der Waals surface area contributed by atoms with Crippen LogP contribution in [0.3, 0.4) is 0 Å². The predicted molar refractivity (Wildman–Crippen MR) is 44.6 cm³/mol. The number of ether oxygens (including phenoxy) is 1. The maximum Gasteiger partial charge on any atom is 0.328 e. The first-order valence-electron chi connectivity index (χ1n) is 4.21. The van der Waals surface area contributed by atoms with E-state index >= 15 is 0 Å². The van der Waals surface area contributed by atoms with Crippen molar-refractivity contribution in [3.05, 3.63) is 0 Å². The summed E-state index contributed by atoms with van der Waals surface area (Å²) in [6.45, 7) is 0.859. The summed E-state index contributed by atoms with van der Waals surface area (Å²) >= 11 is 0. The molecule has 0 bridgehead atoms. The highest BCUT2D eigenvalue weighted by atomic mass is 16.5. The van der Waals surface area contributed by atoms with E-state index in [1.54, 1.807) is 4.90 Å². The molecule has 0 aromatic rings. The van der Waals surface area contributed by atoms with Crippen LogP contribution in [0.4, 0.5) is 0 Å². The van der Waals surface area contributed by atoms with Gasteiger partial charge in [-0.1, -0.05) is 0 Å². The monoisotopic (exact) mass is 201 g/mol. The van der Waals surface area contributed by atoms with Gasteiger partial charge in [-0.05, 0) is 6.42 Å². The zero-order valence-electron chi connectivity index (χ0n) is 7.51. The molecule has 0 amide bonds. The molecule has 1 aliphatic rings. The largest absolute Gasteiger partial charge is 0.480 e. The lowest BCUT2D eigenvalue weighted by atomic mass is 10.1. The maximum absolute atomic E-state index is 11.3. The van der Waals surface area contributed by atoms with Crippen molar-refractivity contribution in [2.45, 2.75) is 12.5 Å². The first-order chi connectivity index (χ1) is 6.66. The van der Waals surface area contributed by atoms with E-state index in [-0.39, 0.29) is 6.47 Å². The van der Waals surface area contributed by atoms with Crippen molar-refractivity contribution in [3.63, 3.8) is 0 Å². The molecule has 0 aromatic carbocycles. The molecular weight excluding hydrogens is 190 g/mol. The molecule has 78 valence electrons. The van der Waals surface area contributed by atoms with E-state index in [0.29, 0.717) is 13.1 Å². The maximum atomic E-state index is 11.3. The normalized spacial score (nSPS) is 18.0.